The monoisotopic (exact) mass is 396 g/mol. The van der Waals surface area contributed by atoms with Crippen molar-refractivity contribution in [2.45, 2.75) is 52.3 Å². The van der Waals surface area contributed by atoms with Crippen molar-refractivity contribution in [3.8, 4) is 11.5 Å². The van der Waals surface area contributed by atoms with Crippen LogP contribution < -0.4 is 14.8 Å². The fourth-order valence-corrected chi connectivity index (χ4v) is 3.34. The molecule has 2 atom stereocenters. The number of amides is 2. The molecule has 0 aliphatic carbocycles. The molecule has 0 spiro atoms. The maximum atomic E-state index is 12.9. The van der Waals surface area contributed by atoms with Crippen molar-refractivity contribution in [3.05, 3.63) is 53.6 Å². The van der Waals surface area contributed by atoms with Gasteiger partial charge in [-0.3, -0.25) is 9.59 Å². The van der Waals surface area contributed by atoms with Crippen LogP contribution >= 0.6 is 0 Å². The number of anilines is 1. The Morgan fingerprint density at radius 2 is 1.97 bits per heavy atom. The smallest absolute Gasteiger partial charge is 0.264 e. The lowest BCUT2D eigenvalue weighted by atomic mass is 10.1. The molecule has 3 rings (SSSR count). The van der Waals surface area contributed by atoms with E-state index in [-0.39, 0.29) is 17.9 Å². The van der Waals surface area contributed by atoms with Gasteiger partial charge in [0.2, 0.25) is 0 Å². The Morgan fingerprint density at radius 3 is 2.59 bits per heavy atom. The molecule has 1 heterocycles. The summed E-state index contributed by atoms with van der Waals surface area (Å²) in [7, 11) is 1.59. The molecule has 0 saturated heterocycles. The Kier molecular flexibility index (Phi) is 6.42. The minimum Gasteiger partial charge on any atom is -0.497 e. The summed E-state index contributed by atoms with van der Waals surface area (Å²) >= 11 is 0. The molecule has 2 aromatic rings. The number of ether oxygens (including phenoxy) is 2. The molecule has 1 aliphatic heterocycles. The van der Waals surface area contributed by atoms with Gasteiger partial charge in [0.15, 0.2) is 6.10 Å². The van der Waals surface area contributed by atoms with Crippen molar-refractivity contribution in [1.29, 1.82) is 0 Å². The first-order valence-electron chi connectivity index (χ1n) is 10.0. The fourth-order valence-electron chi connectivity index (χ4n) is 3.34. The summed E-state index contributed by atoms with van der Waals surface area (Å²) in [6.07, 6.45) is 0.997. The molecule has 0 fully saturated rings. The van der Waals surface area contributed by atoms with Gasteiger partial charge in [-0.1, -0.05) is 13.8 Å². The van der Waals surface area contributed by atoms with Gasteiger partial charge in [-0.25, -0.2) is 0 Å². The van der Waals surface area contributed by atoms with E-state index in [0.717, 1.165) is 12.0 Å². The average molecular weight is 396 g/mol. The highest BCUT2D eigenvalue weighted by Gasteiger charge is 2.32. The summed E-state index contributed by atoms with van der Waals surface area (Å²) in [6, 6.07) is 12.6. The van der Waals surface area contributed by atoms with Crippen LogP contribution in [0.1, 0.15) is 49.5 Å². The number of methoxy groups -OCH3 is 1. The highest BCUT2D eigenvalue weighted by Crippen LogP contribution is 2.31. The molecule has 0 bridgehead atoms. The molecule has 154 valence electrons. The summed E-state index contributed by atoms with van der Waals surface area (Å²) in [5, 5.41) is 2.92. The summed E-state index contributed by atoms with van der Waals surface area (Å²) in [6.45, 7) is 6.53. The molecular formula is C23H28N2O4. The van der Waals surface area contributed by atoms with Crippen molar-refractivity contribution in [3.63, 3.8) is 0 Å². The highest BCUT2D eigenvalue weighted by atomic mass is 16.5. The third kappa shape index (κ3) is 4.53. The van der Waals surface area contributed by atoms with E-state index >= 15 is 0 Å². The second-order valence-electron chi connectivity index (χ2n) is 7.24. The van der Waals surface area contributed by atoms with E-state index in [1.807, 2.05) is 30.9 Å². The van der Waals surface area contributed by atoms with Gasteiger partial charge in [0.1, 0.15) is 11.5 Å². The molecule has 1 aliphatic rings. The topological polar surface area (TPSA) is 67.9 Å². The standard InChI is InChI=1S/C23H28N2O4/c1-5-15(3)25-14-17-13-18(9-12-21(17)29-20(6-2)23(25)27)24-22(26)16-7-10-19(28-4)11-8-16/h7-13,15,20H,5-6,14H2,1-4H3,(H,24,26)/t15-,20+/m0/s1. The maximum absolute atomic E-state index is 12.9. The summed E-state index contributed by atoms with van der Waals surface area (Å²) in [4.78, 5) is 27.3. The number of nitrogens with one attached hydrogen (secondary N) is 1. The summed E-state index contributed by atoms with van der Waals surface area (Å²) in [5.41, 5.74) is 2.10. The Hall–Kier alpha value is -3.02. The molecule has 0 unspecified atom stereocenters. The number of nitrogens with zero attached hydrogens (tertiary/aromatic N) is 1. The number of rotatable bonds is 6. The largest absolute Gasteiger partial charge is 0.497 e. The lowest BCUT2D eigenvalue weighted by Crippen LogP contribution is -2.43. The van der Waals surface area contributed by atoms with Crippen molar-refractivity contribution < 1.29 is 19.1 Å². The fraction of sp³-hybridized carbons (Fsp3) is 0.391. The van der Waals surface area contributed by atoms with E-state index in [2.05, 4.69) is 12.2 Å². The zero-order valence-corrected chi connectivity index (χ0v) is 17.4. The Labute approximate surface area is 171 Å². The molecule has 0 aromatic heterocycles. The van der Waals surface area contributed by atoms with Crippen LogP contribution in [0.4, 0.5) is 5.69 Å². The number of fused-ring (bicyclic) bond motifs is 1. The third-order valence-electron chi connectivity index (χ3n) is 5.33. The van der Waals surface area contributed by atoms with E-state index in [1.54, 1.807) is 37.4 Å². The summed E-state index contributed by atoms with van der Waals surface area (Å²) in [5.74, 6) is 1.20. The van der Waals surface area contributed by atoms with Gasteiger partial charge in [-0.15, -0.1) is 0 Å². The second kappa shape index (κ2) is 8.99. The number of carbonyl (C=O) groups excluding carboxylic acids is 2. The Balaban J connectivity index is 1.83. The van der Waals surface area contributed by atoms with Gasteiger partial charge < -0.3 is 19.7 Å². The van der Waals surface area contributed by atoms with Crippen LogP contribution in [0.5, 0.6) is 11.5 Å². The third-order valence-corrected chi connectivity index (χ3v) is 5.33. The van der Waals surface area contributed by atoms with Crippen LogP contribution in [0.15, 0.2) is 42.5 Å². The average Bonchev–Trinajstić information content (AvgIpc) is 2.89. The Bertz CT molecular complexity index is 879. The second-order valence-corrected chi connectivity index (χ2v) is 7.24. The molecule has 6 heteroatoms. The molecule has 0 radical (unpaired) electrons. The lowest BCUT2D eigenvalue weighted by molar-refractivity contribution is -0.140. The van der Waals surface area contributed by atoms with Crippen LogP contribution in [0.3, 0.4) is 0 Å². The van der Waals surface area contributed by atoms with E-state index in [0.29, 0.717) is 35.7 Å². The van der Waals surface area contributed by atoms with E-state index in [4.69, 9.17) is 9.47 Å². The van der Waals surface area contributed by atoms with Crippen LogP contribution in [0, 0.1) is 0 Å². The zero-order valence-electron chi connectivity index (χ0n) is 17.4. The molecule has 2 aromatic carbocycles. The van der Waals surface area contributed by atoms with Gasteiger partial charge in [0.05, 0.1) is 7.11 Å². The maximum Gasteiger partial charge on any atom is 0.264 e. The van der Waals surface area contributed by atoms with Crippen LogP contribution in [-0.2, 0) is 11.3 Å². The summed E-state index contributed by atoms with van der Waals surface area (Å²) < 4.78 is 11.1. The molecule has 29 heavy (non-hydrogen) atoms. The number of benzene rings is 2. The number of carbonyl (C=O) groups is 2. The van der Waals surface area contributed by atoms with Gasteiger partial charge in [0, 0.05) is 29.4 Å². The van der Waals surface area contributed by atoms with Crippen molar-refractivity contribution in [2.75, 3.05) is 12.4 Å². The highest BCUT2D eigenvalue weighted by molar-refractivity contribution is 6.04. The molecule has 1 N–H and O–H groups in total. The Morgan fingerprint density at radius 1 is 1.24 bits per heavy atom. The predicted molar refractivity (Wildman–Crippen MR) is 112 cm³/mol. The zero-order chi connectivity index (χ0) is 21.0. The first-order chi connectivity index (χ1) is 14.0. The van der Waals surface area contributed by atoms with E-state index in [1.165, 1.54) is 0 Å². The van der Waals surface area contributed by atoms with Crippen LogP contribution in [-0.4, -0.2) is 36.0 Å². The first-order valence-corrected chi connectivity index (χ1v) is 10.0. The SMILES string of the molecule is CC[C@H]1Oc2ccc(NC(=O)c3ccc(OC)cc3)cc2CN([C@@H](C)CC)C1=O. The van der Waals surface area contributed by atoms with E-state index in [9.17, 15) is 9.59 Å². The van der Waals surface area contributed by atoms with Gasteiger partial charge in [0.25, 0.3) is 11.8 Å². The van der Waals surface area contributed by atoms with Gasteiger partial charge in [-0.2, -0.15) is 0 Å². The minimum atomic E-state index is -0.481. The van der Waals surface area contributed by atoms with Crippen LogP contribution in [0.2, 0.25) is 0 Å². The van der Waals surface area contributed by atoms with Gasteiger partial charge >= 0.3 is 0 Å². The normalized spacial score (nSPS) is 17.0. The number of hydrogen-bond acceptors (Lipinski definition) is 4. The van der Waals surface area contributed by atoms with Gasteiger partial charge in [-0.05, 0) is 62.2 Å². The minimum absolute atomic E-state index is 0.0156. The van der Waals surface area contributed by atoms with Crippen molar-refractivity contribution in [1.82, 2.24) is 4.90 Å². The predicted octanol–water partition coefficient (Wildman–Crippen LogP) is 4.25. The van der Waals surface area contributed by atoms with Crippen molar-refractivity contribution >= 4 is 17.5 Å². The molecule has 0 saturated carbocycles. The lowest BCUT2D eigenvalue weighted by Gasteiger charge is -2.28. The van der Waals surface area contributed by atoms with E-state index < -0.39 is 6.10 Å². The quantitative estimate of drug-likeness (QED) is 0.793. The molecule has 2 amide bonds. The van der Waals surface area contributed by atoms with Crippen molar-refractivity contribution in [2.24, 2.45) is 0 Å². The first kappa shape index (κ1) is 20.7. The molecule has 6 nitrogen and oxygen atoms in total. The van der Waals surface area contributed by atoms with Crippen LogP contribution in [0.25, 0.3) is 0 Å². The molecular weight excluding hydrogens is 368 g/mol. The number of hydrogen-bond donors (Lipinski definition) is 1.